The number of anilines is 3. The van der Waals surface area contributed by atoms with Gasteiger partial charge >= 0.3 is 0 Å². The van der Waals surface area contributed by atoms with Crippen molar-refractivity contribution in [2.45, 2.75) is 19.3 Å². The normalized spacial score (nSPS) is 14.3. The van der Waals surface area contributed by atoms with E-state index in [-0.39, 0.29) is 5.91 Å². The number of aromatic nitrogens is 2. The average Bonchev–Trinajstić information content (AvgIpc) is 2.63. The van der Waals surface area contributed by atoms with Crippen LogP contribution in [0.15, 0.2) is 36.5 Å². The van der Waals surface area contributed by atoms with Gasteiger partial charge in [-0.15, -0.1) is 0 Å². The molecule has 0 atom stereocenters. The van der Waals surface area contributed by atoms with Gasteiger partial charge in [0.1, 0.15) is 5.69 Å². The lowest BCUT2D eigenvalue weighted by atomic mass is 10.1. The van der Waals surface area contributed by atoms with E-state index in [1.807, 2.05) is 37.2 Å². The van der Waals surface area contributed by atoms with Gasteiger partial charge in [-0.25, -0.2) is 4.98 Å². The van der Waals surface area contributed by atoms with Crippen molar-refractivity contribution in [1.29, 1.82) is 0 Å². The second-order valence-corrected chi connectivity index (χ2v) is 6.17. The van der Waals surface area contributed by atoms with Gasteiger partial charge in [0.15, 0.2) is 5.82 Å². The van der Waals surface area contributed by atoms with Crippen LogP contribution in [0.3, 0.4) is 0 Å². The molecule has 0 saturated carbocycles. The summed E-state index contributed by atoms with van der Waals surface area (Å²) in [6.45, 7) is 1.98. The number of carbonyl (C=O) groups is 1. The first-order chi connectivity index (χ1) is 11.6. The molecule has 1 aromatic carbocycles. The van der Waals surface area contributed by atoms with Crippen molar-refractivity contribution >= 4 is 23.4 Å². The summed E-state index contributed by atoms with van der Waals surface area (Å²) in [6.07, 6.45) is 5.32. The molecule has 1 aliphatic rings. The van der Waals surface area contributed by atoms with E-state index in [2.05, 4.69) is 20.2 Å². The molecule has 1 fully saturated rings. The van der Waals surface area contributed by atoms with Crippen molar-refractivity contribution in [2.24, 2.45) is 0 Å². The number of hydrogen-bond acceptors (Lipinski definition) is 5. The Labute approximate surface area is 142 Å². The van der Waals surface area contributed by atoms with Crippen LogP contribution in [-0.2, 0) is 0 Å². The maximum absolute atomic E-state index is 12.4. The number of benzene rings is 1. The van der Waals surface area contributed by atoms with E-state index in [4.69, 9.17) is 0 Å². The first kappa shape index (κ1) is 16.2. The summed E-state index contributed by atoms with van der Waals surface area (Å²) in [5.41, 5.74) is 1.23. The summed E-state index contributed by atoms with van der Waals surface area (Å²) in [5.74, 6) is 1.29. The zero-order valence-corrected chi connectivity index (χ0v) is 14.2. The van der Waals surface area contributed by atoms with Crippen molar-refractivity contribution in [2.75, 3.05) is 42.3 Å². The highest BCUT2D eigenvalue weighted by atomic mass is 16.1. The van der Waals surface area contributed by atoms with Crippen LogP contribution in [-0.4, -0.2) is 43.1 Å². The molecule has 1 amide bonds. The molecule has 0 aliphatic carbocycles. The fourth-order valence-electron chi connectivity index (χ4n) is 2.82. The summed E-state index contributed by atoms with van der Waals surface area (Å²) in [7, 11) is 3.83. The van der Waals surface area contributed by atoms with Gasteiger partial charge in [0, 0.05) is 32.7 Å². The van der Waals surface area contributed by atoms with E-state index < -0.39 is 0 Å². The van der Waals surface area contributed by atoms with Crippen molar-refractivity contribution in [1.82, 2.24) is 9.97 Å². The Morgan fingerprint density at radius 3 is 2.50 bits per heavy atom. The Balaban J connectivity index is 1.83. The predicted octanol–water partition coefficient (Wildman–Crippen LogP) is 2.79. The molecule has 6 heteroatoms. The van der Waals surface area contributed by atoms with Crippen molar-refractivity contribution in [3.05, 3.63) is 42.1 Å². The number of nitrogens with zero attached hydrogens (tertiary/aromatic N) is 4. The van der Waals surface area contributed by atoms with Gasteiger partial charge in [-0.3, -0.25) is 4.79 Å². The first-order valence-electron chi connectivity index (χ1n) is 8.31. The van der Waals surface area contributed by atoms with E-state index in [0.717, 1.165) is 24.9 Å². The molecular formula is C18H23N5O. The molecule has 1 aliphatic heterocycles. The molecule has 1 saturated heterocycles. The molecule has 2 aromatic rings. The van der Waals surface area contributed by atoms with Gasteiger partial charge in [-0.05, 0) is 31.4 Å². The lowest BCUT2D eigenvalue weighted by Crippen LogP contribution is -2.31. The van der Waals surface area contributed by atoms with E-state index in [1.54, 1.807) is 18.3 Å². The monoisotopic (exact) mass is 325 g/mol. The lowest BCUT2D eigenvalue weighted by Gasteiger charge is -2.28. The molecule has 0 bridgehead atoms. The largest absolute Gasteiger partial charge is 0.361 e. The molecule has 2 heterocycles. The Morgan fingerprint density at radius 1 is 1.12 bits per heavy atom. The van der Waals surface area contributed by atoms with E-state index in [0.29, 0.717) is 11.3 Å². The van der Waals surface area contributed by atoms with Crippen LogP contribution in [0, 0.1) is 0 Å². The van der Waals surface area contributed by atoms with E-state index in [1.165, 1.54) is 19.3 Å². The second-order valence-electron chi connectivity index (χ2n) is 6.17. The third-order valence-corrected chi connectivity index (χ3v) is 4.10. The number of piperidine rings is 1. The Bertz CT molecular complexity index is 696. The highest BCUT2D eigenvalue weighted by Crippen LogP contribution is 2.25. The Kier molecular flexibility index (Phi) is 4.93. The van der Waals surface area contributed by atoms with Crippen LogP contribution >= 0.6 is 0 Å². The number of nitrogens with one attached hydrogen (secondary N) is 1. The summed E-state index contributed by atoms with van der Waals surface area (Å²) in [5, 5.41) is 2.91. The molecule has 0 unspecified atom stereocenters. The third kappa shape index (κ3) is 3.64. The van der Waals surface area contributed by atoms with Crippen molar-refractivity contribution < 1.29 is 4.79 Å². The maximum atomic E-state index is 12.4. The number of rotatable bonds is 4. The molecule has 24 heavy (non-hydrogen) atoms. The van der Waals surface area contributed by atoms with Gasteiger partial charge in [-0.2, -0.15) is 4.98 Å². The number of carbonyl (C=O) groups excluding carboxylic acids is 1. The second kappa shape index (κ2) is 7.29. The fourth-order valence-corrected chi connectivity index (χ4v) is 2.82. The van der Waals surface area contributed by atoms with Crippen LogP contribution in [0.4, 0.5) is 17.5 Å². The zero-order valence-electron chi connectivity index (χ0n) is 14.2. The minimum absolute atomic E-state index is 0.159. The highest BCUT2D eigenvalue weighted by Gasteiger charge is 2.18. The van der Waals surface area contributed by atoms with Crippen molar-refractivity contribution in [3.63, 3.8) is 0 Å². The van der Waals surface area contributed by atoms with Gasteiger partial charge < -0.3 is 15.1 Å². The minimum Gasteiger partial charge on any atom is -0.361 e. The first-order valence-corrected chi connectivity index (χ1v) is 8.31. The van der Waals surface area contributed by atoms with Gasteiger partial charge in [0.25, 0.3) is 5.91 Å². The molecule has 1 N–H and O–H groups in total. The quantitative estimate of drug-likeness (QED) is 0.936. The number of amides is 1. The maximum Gasteiger partial charge on any atom is 0.255 e. The lowest BCUT2D eigenvalue weighted by molar-refractivity contribution is 0.102. The molecule has 3 rings (SSSR count). The summed E-state index contributed by atoms with van der Waals surface area (Å²) < 4.78 is 0. The van der Waals surface area contributed by atoms with Crippen LogP contribution < -0.4 is 15.1 Å². The Hall–Kier alpha value is -2.63. The third-order valence-electron chi connectivity index (χ3n) is 4.10. The van der Waals surface area contributed by atoms with Gasteiger partial charge in [0.2, 0.25) is 5.95 Å². The van der Waals surface area contributed by atoms with Gasteiger partial charge in [0.05, 0.1) is 6.20 Å². The van der Waals surface area contributed by atoms with Crippen molar-refractivity contribution in [3.8, 4) is 0 Å². The smallest absolute Gasteiger partial charge is 0.255 e. The van der Waals surface area contributed by atoms with Crippen LogP contribution in [0.1, 0.15) is 29.6 Å². The summed E-state index contributed by atoms with van der Waals surface area (Å²) in [4.78, 5) is 25.6. The summed E-state index contributed by atoms with van der Waals surface area (Å²) >= 11 is 0. The van der Waals surface area contributed by atoms with Crippen LogP contribution in [0.25, 0.3) is 0 Å². The van der Waals surface area contributed by atoms with Gasteiger partial charge in [-0.1, -0.05) is 18.2 Å². The molecule has 1 aromatic heterocycles. The highest BCUT2D eigenvalue weighted by molar-refractivity contribution is 6.05. The molecular weight excluding hydrogens is 302 g/mol. The molecule has 0 spiro atoms. The molecule has 126 valence electrons. The fraction of sp³-hybridized carbons (Fsp3) is 0.389. The summed E-state index contributed by atoms with van der Waals surface area (Å²) in [6, 6.07) is 9.15. The minimum atomic E-state index is -0.159. The van der Waals surface area contributed by atoms with E-state index >= 15 is 0 Å². The molecule has 0 radical (unpaired) electrons. The SMILES string of the molecule is CN(C)c1nc(N2CCCCC2)ncc1NC(=O)c1ccccc1. The standard InChI is InChI=1S/C18H23N5O/c1-22(2)16-15(20-17(24)14-9-5-3-6-10-14)13-19-18(21-16)23-11-7-4-8-12-23/h3,5-6,9-10,13H,4,7-8,11-12H2,1-2H3,(H,20,24). The Morgan fingerprint density at radius 2 is 1.83 bits per heavy atom. The molecule has 6 nitrogen and oxygen atoms in total. The average molecular weight is 325 g/mol. The predicted molar refractivity (Wildman–Crippen MR) is 96.8 cm³/mol. The topological polar surface area (TPSA) is 61.4 Å². The zero-order chi connectivity index (χ0) is 16.9. The van der Waals surface area contributed by atoms with Crippen LogP contribution in [0.2, 0.25) is 0 Å². The van der Waals surface area contributed by atoms with E-state index in [9.17, 15) is 4.79 Å². The number of hydrogen-bond donors (Lipinski definition) is 1. The van der Waals surface area contributed by atoms with Crippen LogP contribution in [0.5, 0.6) is 0 Å².